The predicted molar refractivity (Wildman–Crippen MR) is 147 cm³/mol. The third-order valence-electron chi connectivity index (χ3n) is 6.24. The molecule has 0 atom stereocenters. The average molecular weight is 589 g/mol. The number of anilines is 2. The number of nitrogens with one attached hydrogen (secondary N) is 2. The zero-order valence-corrected chi connectivity index (χ0v) is 22.9. The molecule has 0 bridgehead atoms. The number of alkyl halides is 3. The highest BCUT2D eigenvalue weighted by molar-refractivity contribution is 5.96. The van der Waals surface area contributed by atoms with Crippen molar-refractivity contribution in [2.24, 2.45) is 5.73 Å². The number of hydrogen-bond donors (Lipinski definition) is 3. The van der Waals surface area contributed by atoms with Gasteiger partial charge in [0.25, 0.3) is 12.4 Å². The van der Waals surface area contributed by atoms with Gasteiger partial charge in [-0.3, -0.25) is 18.7 Å². The Morgan fingerprint density at radius 2 is 2.02 bits per heavy atom. The number of benzene rings is 1. The lowest BCUT2D eigenvalue weighted by atomic mass is 10.0. The number of imidazole rings is 1. The molecule has 4 aromatic rings. The number of hydrogen-bond acceptors (Lipinski definition) is 9. The summed E-state index contributed by atoms with van der Waals surface area (Å²) >= 11 is 0. The van der Waals surface area contributed by atoms with Crippen molar-refractivity contribution in [2.75, 3.05) is 38.2 Å². The summed E-state index contributed by atoms with van der Waals surface area (Å²) in [4.78, 5) is 31.7. The van der Waals surface area contributed by atoms with Crippen LogP contribution in [-0.4, -0.2) is 69.4 Å². The van der Waals surface area contributed by atoms with Crippen LogP contribution in [0.2, 0.25) is 0 Å². The van der Waals surface area contributed by atoms with Crippen LogP contribution in [0.25, 0.3) is 16.9 Å². The highest BCUT2D eigenvalue weighted by Crippen LogP contribution is 2.37. The summed E-state index contributed by atoms with van der Waals surface area (Å²) in [5, 5.41) is 9.72. The number of carbonyl (C=O) groups is 2. The molecule has 0 radical (unpaired) electrons. The lowest BCUT2D eigenvalue weighted by Gasteiger charge is -2.13. The Kier molecular flexibility index (Phi) is 10.1. The van der Waals surface area contributed by atoms with Gasteiger partial charge in [0.05, 0.1) is 37.3 Å². The van der Waals surface area contributed by atoms with Gasteiger partial charge in [0.15, 0.2) is 17.2 Å². The SMILES string of the molecule is CCc1cc(Nc2nccn3c(-c4cn(CCCOC=O)nc4C(F)(F)F)cnc23)ccc1C(=O)NCCOCCN. The molecular formula is C27H31F3N8O4. The summed E-state index contributed by atoms with van der Waals surface area (Å²) < 4.78 is 54.3. The highest BCUT2D eigenvalue weighted by atomic mass is 19.4. The van der Waals surface area contributed by atoms with E-state index >= 15 is 0 Å². The van der Waals surface area contributed by atoms with E-state index < -0.39 is 11.9 Å². The van der Waals surface area contributed by atoms with E-state index in [1.54, 1.807) is 12.1 Å². The number of nitrogens with zero attached hydrogens (tertiary/aromatic N) is 5. The van der Waals surface area contributed by atoms with Crippen molar-refractivity contribution in [3.8, 4) is 11.3 Å². The van der Waals surface area contributed by atoms with E-state index in [1.165, 1.54) is 33.9 Å². The summed E-state index contributed by atoms with van der Waals surface area (Å²) in [6, 6.07) is 5.22. The molecule has 0 saturated heterocycles. The molecule has 0 aliphatic carbocycles. The van der Waals surface area contributed by atoms with Gasteiger partial charge in [0.2, 0.25) is 0 Å². The molecule has 15 heteroatoms. The van der Waals surface area contributed by atoms with Crippen molar-refractivity contribution in [3.63, 3.8) is 0 Å². The first kappa shape index (κ1) is 30.5. The van der Waals surface area contributed by atoms with Crippen molar-refractivity contribution in [3.05, 3.63) is 59.8 Å². The Labute approximate surface area is 239 Å². The van der Waals surface area contributed by atoms with Crippen LogP contribution < -0.4 is 16.4 Å². The van der Waals surface area contributed by atoms with E-state index in [4.69, 9.17) is 10.5 Å². The number of rotatable bonds is 15. The van der Waals surface area contributed by atoms with E-state index in [2.05, 4.69) is 30.4 Å². The molecule has 4 N–H and O–H groups in total. The summed E-state index contributed by atoms with van der Waals surface area (Å²) in [6.07, 6.45) is 1.76. The summed E-state index contributed by atoms with van der Waals surface area (Å²) in [7, 11) is 0. The molecule has 0 unspecified atom stereocenters. The van der Waals surface area contributed by atoms with Crippen LogP contribution in [0.1, 0.15) is 35.0 Å². The number of aromatic nitrogens is 5. The second-order valence-electron chi connectivity index (χ2n) is 9.09. The normalized spacial score (nSPS) is 11.5. The Morgan fingerprint density at radius 1 is 1.19 bits per heavy atom. The van der Waals surface area contributed by atoms with Crippen molar-refractivity contribution in [1.82, 2.24) is 29.5 Å². The first-order chi connectivity index (χ1) is 20.3. The topological polar surface area (TPSA) is 151 Å². The minimum absolute atomic E-state index is 0.0615. The van der Waals surface area contributed by atoms with Gasteiger partial charge < -0.3 is 25.8 Å². The molecule has 4 rings (SSSR count). The van der Waals surface area contributed by atoms with Crippen molar-refractivity contribution < 1.29 is 32.2 Å². The molecule has 0 fully saturated rings. The Hall–Kier alpha value is -4.50. The zero-order chi connectivity index (χ0) is 30.1. The van der Waals surface area contributed by atoms with Crippen LogP contribution in [0.3, 0.4) is 0 Å². The number of carbonyl (C=O) groups excluding carboxylic acids is 2. The first-order valence-corrected chi connectivity index (χ1v) is 13.2. The fourth-order valence-electron chi connectivity index (χ4n) is 4.34. The molecule has 1 amide bonds. The van der Waals surface area contributed by atoms with Gasteiger partial charge in [0, 0.05) is 55.9 Å². The molecule has 3 aromatic heterocycles. The number of fused-ring (bicyclic) bond motifs is 1. The van der Waals surface area contributed by atoms with Crippen LogP contribution in [0, 0.1) is 0 Å². The number of nitrogens with two attached hydrogens (primary N) is 1. The number of amides is 1. The molecule has 12 nitrogen and oxygen atoms in total. The van der Waals surface area contributed by atoms with Gasteiger partial charge >= 0.3 is 6.18 Å². The lowest BCUT2D eigenvalue weighted by molar-refractivity contribution is -0.141. The largest absolute Gasteiger partial charge is 0.468 e. The maximum Gasteiger partial charge on any atom is 0.435 e. The molecule has 0 aliphatic heterocycles. The van der Waals surface area contributed by atoms with Gasteiger partial charge in [-0.15, -0.1) is 0 Å². The maximum absolute atomic E-state index is 13.9. The zero-order valence-electron chi connectivity index (χ0n) is 22.9. The summed E-state index contributed by atoms with van der Waals surface area (Å²) in [6.45, 7) is 3.92. The minimum Gasteiger partial charge on any atom is -0.468 e. The highest BCUT2D eigenvalue weighted by Gasteiger charge is 2.38. The van der Waals surface area contributed by atoms with Crippen LogP contribution in [0.5, 0.6) is 0 Å². The van der Waals surface area contributed by atoms with Crippen molar-refractivity contribution in [2.45, 2.75) is 32.5 Å². The fraction of sp³-hybridized carbons (Fsp3) is 0.370. The van der Waals surface area contributed by atoms with Gasteiger partial charge in [-0.05, 0) is 30.2 Å². The van der Waals surface area contributed by atoms with E-state index in [-0.39, 0.29) is 36.8 Å². The maximum atomic E-state index is 13.9. The van der Waals surface area contributed by atoms with Gasteiger partial charge in [-0.1, -0.05) is 6.92 Å². The van der Waals surface area contributed by atoms with Crippen LogP contribution in [-0.2, 0) is 33.4 Å². The molecule has 42 heavy (non-hydrogen) atoms. The Balaban J connectivity index is 1.57. The van der Waals surface area contributed by atoms with Crippen LogP contribution >= 0.6 is 0 Å². The molecule has 3 heterocycles. The summed E-state index contributed by atoms with van der Waals surface area (Å²) in [5.74, 6) is 0.0807. The van der Waals surface area contributed by atoms with Crippen LogP contribution in [0.4, 0.5) is 24.7 Å². The van der Waals surface area contributed by atoms with Gasteiger partial charge in [-0.25, -0.2) is 9.97 Å². The monoisotopic (exact) mass is 588 g/mol. The number of aryl methyl sites for hydroxylation is 2. The van der Waals surface area contributed by atoms with E-state index in [0.29, 0.717) is 61.9 Å². The number of halogens is 3. The third-order valence-corrected chi connectivity index (χ3v) is 6.24. The van der Waals surface area contributed by atoms with E-state index in [1.807, 2.05) is 13.0 Å². The summed E-state index contributed by atoms with van der Waals surface area (Å²) in [5.41, 5.74) is 6.59. The van der Waals surface area contributed by atoms with E-state index in [9.17, 15) is 22.8 Å². The quantitative estimate of drug-likeness (QED) is 0.141. The predicted octanol–water partition coefficient (Wildman–Crippen LogP) is 3.19. The second kappa shape index (κ2) is 13.9. The average Bonchev–Trinajstić information content (AvgIpc) is 3.60. The lowest BCUT2D eigenvalue weighted by Crippen LogP contribution is -2.28. The molecule has 1 aromatic carbocycles. The third kappa shape index (κ3) is 7.22. The standard InChI is InChI=1S/C27H31F3N8O4/c1-2-18-14-19(4-5-20(18)26(40)33-8-13-41-12-6-31)35-24-25-34-15-22(38(25)10-7-32-24)21-16-37(9-3-11-42-17-39)36-23(21)27(28,29)30/h4-5,7,10,14-17H,2-3,6,8-9,11-13,31H2,1H3,(H,32,35)(H,33,40). The Morgan fingerprint density at radius 3 is 2.76 bits per heavy atom. The van der Waals surface area contributed by atoms with E-state index in [0.717, 1.165) is 5.56 Å². The van der Waals surface area contributed by atoms with Crippen LogP contribution in [0.15, 0.2) is 43.0 Å². The number of ether oxygens (including phenoxy) is 2. The van der Waals surface area contributed by atoms with Gasteiger partial charge in [0.1, 0.15) is 0 Å². The fourth-order valence-corrected chi connectivity index (χ4v) is 4.34. The molecule has 0 saturated carbocycles. The molecule has 0 spiro atoms. The molecule has 224 valence electrons. The smallest absolute Gasteiger partial charge is 0.435 e. The Bertz CT molecular complexity index is 1520. The first-order valence-electron chi connectivity index (χ1n) is 13.2. The van der Waals surface area contributed by atoms with Crippen molar-refractivity contribution >= 4 is 29.5 Å². The molecular weight excluding hydrogens is 557 g/mol. The minimum atomic E-state index is -4.71. The second-order valence-corrected chi connectivity index (χ2v) is 9.09. The molecule has 0 aliphatic rings. The van der Waals surface area contributed by atoms with Gasteiger partial charge in [-0.2, -0.15) is 18.3 Å². The van der Waals surface area contributed by atoms with Crippen molar-refractivity contribution in [1.29, 1.82) is 0 Å².